The Balaban J connectivity index is 2.06. The van der Waals surface area contributed by atoms with E-state index in [2.05, 4.69) is 20.7 Å². The summed E-state index contributed by atoms with van der Waals surface area (Å²) in [5.74, 6) is 0. The van der Waals surface area contributed by atoms with Crippen LogP contribution in [0.2, 0.25) is 0 Å². The van der Waals surface area contributed by atoms with Crippen molar-refractivity contribution in [1.82, 2.24) is 10.6 Å². The van der Waals surface area contributed by atoms with Crippen molar-refractivity contribution in [3.63, 3.8) is 0 Å². The van der Waals surface area contributed by atoms with Gasteiger partial charge in [0.1, 0.15) is 0 Å². The minimum absolute atomic E-state index is 0.232. The second-order valence-electron chi connectivity index (χ2n) is 3.45. The molecule has 0 saturated carbocycles. The molecule has 2 heterocycles. The molecule has 0 spiro atoms. The Morgan fingerprint density at radius 3 is 3.27 bits per heavy atom. The van der Waals surface area contributed by atoms with E-state index >= 15 is 0 Å². The quantitative estimate of drug-likeness (QED) is 0.393. The van der Waals surface area contributed by atoms with Crippen LogP contribution in [0.25, 0.3) is 10.4 Å². The fourth-order valence-corrected chi connectivity index (χ4v) is 1.89. The van der Waals surface area contributed by atoms with Crippen LogP contribution in [0.4, 0.5) is 4.79 Å². The average molecular weight is 213 g/mol. The van der Waals surface area contributed by atoms with E-state index in [1.165, 1.54) is 7.11 Å². The number of hydrogen-bond donors (Lipinski definition) is 2. The van der Waals surface area contributed by atoms with Crippen molar-refractivity contribution in [2.75, 3.05) is 13.7 Å². The summed E-state index contributed by atoms with van der Waals surface area (Å²) in [4.78, 5) is 13.7. The molecular formula is C7H11N5O3. The first-order valence-corrected chi connectivity index (χ1v) is 4.50. The molecule has 2 amide bonds. The van der Waals surface area contributed by atoms with Crippen molar-refractivity contribution in [3.8, 4) is 0 Å². The van der Waals surface area contributed by atoms with Crippen LogP contribution in [-0.4, -0.2) is 37.7 Å². The first-order valence-electron chi connectivity index (χ1n) is 4.50. The summed E-state index contributed by atoms with van der Waals surface area (Å²) in [6.45, 7) is 0.232. The Hall–Kier alpha value is -1.50. The highest BCUT2D eigenvalue weighted by Crippen LogP contribution is 2.33. The molecule has 2 aliphatic rings. The van der Waals surface area contributed by atoms with Gasteiger partial charge in [0.2, 0.25) is 0 Å². The van der Waals surface area contributed by atoms with Crippen LogP contribution >= 0.6 is 0 Å². The molecule has 0 aromatic rings. The highest BCUT2D eigenvalue weighted by molar-refractivity contribution is 5.77. The Morgan fingerprint density at radius 1 is 1.87 bits per heavy atom. The predicted molar refractivity (Wildman–Crippen MR) is 48.7 cm³/mol. The number of fused-ring (bicyclic) bond motifs is 1. The molecule has 2 rings (SSSR count). The van der Waals surface area contributed by atoms with Crippen LogP contribution < -0.4 is 10.6 Å². The summed E-state index contributed by atoms with van der Waals surface area (Å²) in [7, 11) is 1.50. The molecule has 15 heavy (non-hydrogen) atoms. The average Bonchev–Trinajstić information content (AvgIpc) is 2.67. The van der Waals surface area contributed by atoms with Gasteiger partial charge in [-0.05, 0) is 5.53 Å². The van der Waals surface area contributed by atoms with Crippen LogP contribution in [0.1, 0.15) is 6.42 Å². The van der Waals surface area contributed by atoms with Crippen LogP contribution in [0.5, 0.6) is 0 Å². The molecule has 0 radical (unpaired) electrons. The maximum absolute atomic E-state index is 11.1. The van der Waals surface area contributed by atoms with Crippen LogP contribution in [0.3, 0.4) is 0 Å². The molecule has 0 aromatic heterocycles. The number of carbonyl (C=O) groups excluding carboxylic acids is 1. The Labute approximate surface area is 85.5 Å². The maximum Gasteiger partial charge on any atom is 0.319 e. The SMILES string of the molecule is CO[C@@]12C[C@@H](CN=[N+]=[N-])O[C@@H]1NC(=O)N2. The maximum atomic E-state index is 11.1. The predicted octanol–water partition coefficient (Wildman–Crippen LogP) is 0.0672. The van der Waals surface area contributed by atoms with Gasteiger partial charge in [-0.1, -0.05) is 5.11 Å². The van der Waals surface area contributed by atoms with Crippen LogP contribution in [-0.2, 0) is 9.47 Å². The number of urea groups is 1. The molecule has 2 aliphatic heterocycles. The van der Waals surface area contributed by atoms with Gasteiger partial charge in [0, 0.05) is 18.4 Å². The molecule has 82 valence electrons. The largest absolute Gasteiger partial charge is 0.354 e. The molecule has 2 fully saturated rings. The van der Waals surface area contributed by atoms with Gasteiger partial charge in [0.15, 0.2) is 12.0 Å². The van der Waals surface area contributed by atoms with Crippen LogP contribution in [0.15, 0.2) is 5.11 Å². The van der Waals surface area contributed by atoms with E-state index in [0.717, 1.165) is 0 Å². The fraction of sp³-hybridized carbons (Fsp3) is 0.857. The highest BCUT2D eigenvalue weighted by Gasteiger charge is 2.55. The number of carbonyl (C=O) groups is 1. The van der Waals surface area contributed by atoms with E-state index in [9.17, 15) is 4.79 Å². The Bertz CT molecular complexity index is 329. The molecule has 0 aromatic carbocycles. The third-order valence-electron chi connectivity index (χ3n) is 2.58. The number of amides is 2. The van der Waals surface area contributed by atoms with Crippen molar-refractivity contribution in [2.45, 2.75) is 24.5 Å². The van der Waals surface area contributed by atoms with Gasteiger partial charge in [0.05, 0.1) is 12.6 Å². The summed E-state index contributed by atoms with van der Waals surface area (Å²) < 4.78 is 10.7. The topological polar surface area (TPSA) is 108 Å². The van der Waals surface area contributed by atoms with Gasteiger partial charge in [-0.15, -0.1) is 0 Å². The van der Waals surface area contributed by atoms with Crippen molar-refractivity contribution in [1.29, 1.82) is 0 Å². The second-order valence-corrected chi connectivity index (χ2v) is 3.45. The van der Waals surface area contributed by atoms with Crippen molar-refractivity contribution < 1.29 is 14.3 Å². The number of ether oxygens (including phenoxy) is 2. The summed E-state index contributed by atoms with van der Waals surface area (Å²) in [6, 6.07) is -0.316. The van der Waals surface area contributed by atoms with Gasteiger partial charge in [0.25, 0.3) is 0 Å². The van der Waals surface area contributed by atoms with E-state index in [0.29, 0.717) is 6.42 Å². The molecule has 3 atom stereocenters. The second kappa shape index (κ2) is 3.58. The van der Waals surface area contributed by atoms with Gasteiger partial charge in [-0.2, -0.15) is 0 Å². The first-order chi connectivity index (χ1) is 7.20. The zero-order chi connectivity index (χ0) is 10.9. The number of rotatable bonds is 3. The van der Waals surface area contributed by atoms with E-state index in [4.69, 9.17) is 15.0 Å². The lowest BCUT2D eigenvalue weighted by Crippen LogP contribution is -2.47. The third kappa shape index (κ3) is 1.58. The van der Waals surface area contributed by atoms with E-state index in [1.807, 2.05) is 0 Å². The zero-order valence-corrected chi connectivity index (χ0v) is 8.14. The molecule has 0 unspecified atom stereocenters. The van der Waals surface area contributed by atoms with Gasteiger partial charge < -0.3 is 20.1 Å². The monoisotopic (exact) mass is 213 g/mol. The molecule has 0 bridgehead atoms. The molecular weight excluding hydrogens is 202 g/mol. The number of azide groups is 1. The molecule has 0 aliphatic carbocycles. The minimum Gasteiger partial charge on any atom is -0.354 e. The lowest BCUT2D eigenvalue weighted by Gasteiger charge is -2.23. The van der Waals surface area contributed by atoms with E-state index in [1.54, 1.807) is 0 Å². The summed E-state index contributed by atoms with van der Waals surface area (Å²) >= 11 is 0. The standard InChI is InChI=1S/C7H11N5O3/c1-14-7-2-4(3-9-12-8)15-5(7)10-6(13)11-7/h4-5H,2-3H2,1H3,(H2,10,11,13)/t4-,5-,7-/m0/s1. The fourth-order valence-electron chi connectivity index (χ4n) is 1.89. The third-order valence-corrected chi connectivity index (χ3v) is 2.58. The molecule has 8 nitrogen and oxygen atoms in total. The number of nitrogens with zero attached hydrogens (tertiary/aromatic N) is 3. The molecule has 8 heteroatoms. The molecule has 2 N–H and O–H groups in total. The Kier molecular flexibility index (Phi) is 2.39. The summed E-state index contributed by atoms with van der Waals surface area (Å²) in [5.41, 5.74) is 7.35. The lowest BCUT2D eigenvalue weighted by molar-refractivity contribution is -0.0720. The van der Waals surface area contributed by atoms with Gasteiger partial charge in [-0.3, -0.25) is 0 Å². The molecule has 2 saturated heterocycles. The smallest absolute Gasteiger partial charge is 0.319 e. The Morgan fingerprint density at radius 2 is 2.67 bits per heavy atom. The number of methoxy groups -OCH3 is 1. The lowest BCUT2D eigenvalue weighted by atomic mass is 10.1. The highest BCUT2D eigenvalue weighted by atomic mass is 16.6. The van der Waals surface area contributed by atoms with Gasteiger partial charge >= 0.3 is 6.03 Å². The van der Waals surface area contributed by atoms with Crippen molar-refractivity contribution in [2.24, 2.45) is 5.11 Å². The number of nitrogens with one attached hydrogen (secondary N) is 2. The van der Waals surface area contributed by atoms with Crippen LogP contribution in [0, 0.1) is 0 Å². The summed E-state index contributed by atoms with van der Waals surface area (Å²) in [6.07, 6.45) is -0.292. The summed E-state index contributed by atoms with van der Waals surface area (Å²) in [5, 5.41) is 8.66. The number of hydrogen-bond acceptors (Lipinski definition) is 4. The van der Waals surface area contributed by atoms with Gasteiger partial charge in [-0.25, -0.2) is 4.79 Å². The van der Waals surface area contributed by atoms with Crippen molar-refractivity contribution in [3.05, 3.63) is 10.4 Å². The first kappa shape index (κ1) is 10.0. The van der Waals surface area contributed by atoms with Crippen molar-refractivity contribution >= 4 is 6.03 Å². The van der Waals surface area contributed by atoms with E-state index < -0.39 is 12.0 Å². The van der Waals surface area contributed by atoms with E-state index in [-0.39, 0.29) is 18.7 Å². The minimum atomic E-state index is -0.827. The normalized spacial score (nSPS) is 37.8. The zero-order valence-electron chi connectivity index (χ0n) is 8.14.